The summed E-state index contributed by atoms with van der Waals surface area (Å²) in [5.41, 5.74) is 3.42. The Balaban J connectivity index is 1.58. The molecular formula is C19H25N5O2. The molecule has 7 nitrogen and oxygen atoms in total. The smallest absolute Gasteiger partial charge is 0.321 e. The summed E-state index contributed by atoms with van der Waals surface area (Å²) in [6, 6.07) is 9.08. The number of nitrogens with zero attached hydrogens (tertiary/aromatic N) is 3. The van der Waals surface area contributed by atoms with Gasteiger partial charge in [0.2, 0.25) is 0 Å². The molecule has 7 heteroatoms. The standard InChI is InChI=1S/C19H25N5O2/c1-13(12-24-15(3)9-14(2)22-24)11-21-18(25)16-5-4-6-17(10-16)23-8-7-20-19(23)26/h4-6,9-10,13H,7-8,11-12H2,1-3H3,(H,20,26)(H,21,25). The lowest BCUT2D eigenvalue weighted by atomic mass is 10.1. The number of urea groups is 1. The van der Waals surface area contributed by atoms with Crippen LogP contribution in [0.1, 0.15) is 28.7 Å². The van der Waals surface area contributed by atoms with E-state index in [0.29, 0.717) is 25.2 Å². The number of nitrogens with one attached hydrogen (secondary N) is 2. The second-order valence-electron chi connectivity index (χ2n) is 6.86. The molecule has 3 rings (SSSR count). The highest BCUT2D eigenvalue weighted by Gasteiger charge is 2.21. The Kier molecular flexibility index (Phi) is 5.25. The molecule has 1 aliphatic heterocycles. The zero-order chi connectivity index (χ0) is 18.7. The molecule has 0 spiro atoms. The molecule has 1 saturated heterocycles. The van der Waals surface area contributed by atoms with E-state index in [0.717, 1.165) is 23.6 Å². The molecular weight excluding hydrogens is 330 g/mol. The average molecular weight is 355 g/mol. The number of anilines is 1. The minimum Gasteiger partial charge on any atom is -0.352 e. The fourth-order valence-corrected chi connectivity index (χ4v) is 3.12. The second-order valence-corrected chi connectivity index (χ2v) is 6.86. The van der Waals surface area contributed by atoms with Crippen LogP contribution >= 0.6 is 0 Å². The summed E-state index contributed by atoms with van der Waals surface area (Å²) in [6.07, 6.45) is 0. The molecule has 3 amide bonds. The Morgan fingerprint density at radius 3 is 2.81 bits per heavy atom. The molecule has 0 aliphatic carbocycles. The number of aryl methyl sites for hydroxylation is 2. The third kappa shape index (κ3) is 4.04. The van der Waals surface area contributed by atoms with Gasteiger partial charge in [0, 0.05) is 43.1 Å². The maximum Gasteiger partial charge on any atom is 0.321 e. The van der Waals surface area contributed by atoms with Gasteiger partial charge in [-0.3, -0.25) is 14.4 Å². The molecule has 1 aromatic heterocycles. The molecule has 2 aromatic rings. The zero-order valence-corrected chi connectivity index (χ0v) is 15.5. The molecule has 1 unspecified atom stereocenters. The number of rotatable bonds is 6. The number of carbonyl (C=O) groups excluding carboxylic acids is 2. The van der Waals surface area contributed by atoms with Crippen molar-refractivity contribution in [2.45, 2.75) is 27.3 Å². The van der Waals surface area contributed by atoms with Crippen LogP contribution in [0.25, 0.3) is 0 Å². The van der Waals surface area contributed by atoms with E-state index in [9.17, 15) is 9.59 Å². The van der Waals surface area contributed by atoms with Crippen LogP contribution in [0.4, 0.5) is 10.5 Å². The fraction of sp³-hybridized carbons (Fsp3) is 0.421. The molecule has 0 radical (unpaired) electrons. The van der Waals surface area contributed by atoms with Crippen LogP contribution < -0.4 is 15.5 Å². The van der Waals surface area contributed by atoms with Crippen LogP contribution in [-0.2, 0) is 6.54 Å². The third-order valence-corrected chi connectivity index (χ3v) is 4.48. The van der Waals surface area contributed by atoms with Gasteiger partial charge in [-0.25, -0.2) is 4.79 Å². The lowest BCUT2D eigenvalue weighted by molar-refractivity contribution is 0.0946. The van der Waals surface area contributed by atoms with Gasteiger partial charge in [-0.15, -0.1) is 0 Å². The molecule has 1 aromatic carbocycles. The highest BCUT2D eigenvalue weighted by molar-refractivity contribution is 5.98. The van der Waals surface area contributed by atoms with Gasteiger partial charge >= 0.3 is 6.03 Å². The van der Waals surface area contributed by atoms with E-state index in [1.54, 1.807) is 23.1 Å². The molecule has 0 bridgehead atoms. The van der Waals surface area contributed by atoms with Crippen molar-refractivity contribution in [3.05, 3.63) is 47.3 Å². The van der Waals surface area contributed by atoms with E-state index in [1.807, 2.05) is 30.7 Å². The quantitative estimate of drug-likeness (QED) is 0.833. The molecule has 0 saturated carbocycles. The van der Waals surface area contributed by atoms with Crippen LogP contribution in [-0.4, -0.2) is 41.4 Å². The highest BCUT2D eigenvalue weighted by atomic mass is 16.2. The Bertz CT molecular complexity index is 814. The minimum absolute atomic E-state index is 0.124. The van der Waals surface area contributed by atoms with Gasteiger partial charge in [0.1, 0.15) is 0 Å². The van der Waals surface area contributed by atoms with E-state index in [4.69, 9.17) is 0 Å². The summed E-state index contributed by atoms with van der Waals surface area (Å²) >= 11 is 0. The van der Waals surface area contributed by atoms with Gasteiger partial charge in [-0.1, -0.05) is 13.0 Å². The maximum absolute atomic E-state index is 12.5. The predicted molar refractivity (Wildman–Crippen MR) is 100 cm³/mol. The number of benzene rings is 1. The summed E-state index contributed by atoms with van der Waals surface area (Å²) in [5.74, 6) is 0.121. The summed E-state index contributed by atoms with van der Waals surface area (Å²) in [4.78, 5) is 25.9. The van der Waals surface area contributed by atoms with Crippen molar-refractivity contribution < 1.29 is 9.59 Å². The van der Waals surface area contributed by atoms with Gasteiger partial charge in [0.05, 0.1) is 5.69 Å². The van der Waals surface area contributed by atoms with Gasteiger partial charge in [0.15, 0.2) is 0 Å². The number of hydrogen-bond donors (Lipinski definition) is 2. The van der Waals surface area contributed by atoms with E-state index < -0.39 is 0 Å². The number of carbonyl (C=O) groups is 2. The molecule has 1 atom stereocenters. The zero-order valence-electron chi connectivity index (χ0n) is 15.5. The first-order valence-corrected chi connectivity index (χ1v) is 8.88. The van der Waals surface area contributed by atoms with Gasteiger partial charge in [-0.2, -0.15) is 5.10 Å². The van der Waals surface area contributed by atoms with Gasteiger partial charge in [0.25, 0.3) is 5.91 Å². The predicted octanol–water partition coefficient (Wildman–Crippen LogP) is 2.10. The van der Waals surface area contributed by atoms with Crippen molar-refractivity contribution in [2.24, 2.45) is 5.92 Å². The third-order valence-electron chi connectivity index (χ3n) is 4.48. The SMILES string of the molecule is Cc1cc(C)n(CC(C)CNC(=O)c2cccc(N3CCNC3=O)c2)n1. The summed E-state index contributed by atoms with van der Waals surface area (Å²) in [6.45, 7) is 8.65. The lowest BCUT2D eigenvalue weighted by Gasteiger charge is -2.16. The normalized spacial score (nSPS) is 15.0. The molecule has 26 heavy (non-hydrogen) atoms. The van der Waals surface area contributed by atoms with Crippen molar-refractivity contribution in [1.82, 2.24) is 20.4 Å². The monoisotopic (exact) mass is 355 g/mol. The highest BCUT2D eigenvalue weighted by Crippen LogP contribution is 2.18. The first-order valence-electron chi connectivity index (χ1n) is 8.88. The lowest BCUT2D eigenvalue weighted by Crippen LogP contribution is -2.31. The van der Waals surface area contributed by atoms with E-state index in [-0.39, 0.29) is 17.9 Å². The maximum atomic E-state index is 12.5. The van der Waals surface area contributed by atoms with E-state index in [2.05, 4.69) is 22.7 Å². The molecule has 2 heterocycles. The molecule has 1 fully saturated rings. The Labute approximate surface area is 153 Å². The molecule has 1 aliphatic rings. The van der Waals surface area contributed by atoms with Crippen LogP contribution in [0.5, 0.6) is 0 Å². The van der Waals surface area contributed by atoms with E-state index in [1.165, 1.54) is 0 Å². The summed E-state index contributed by atoms with van der Waals surface area (Å²) in [5, 5.41) is 10.2. The van der Waals surface area contributed by atoms with Crippen molar-refractivity contribution >= 4 is 17.6 Å². The topological polar surface area (TPSA) is 79.3 Å². The largest absolute Gasteiger partial charge is 0.352 e. The fourth-order valence-electron chi connectivity index (χ4n) is 3.12. The number of hydrogen-bond acceptors (Lipinski definition) is 3. The molecule has 2 N–H and O–H groups in total. The number of aromatic nitrogens is 2. The Morgan fingerprint density at radius 2 is 2.15 bits per heavy atom. The minimum atomic E-state index is -0.133. The van der Waals surface area contributed by atoms with Crippen molar-refractivity contribution in [3.63, 3.8) is 0 Å². The molecule has 138 valence electrons. The van der Waals surface area contributed by atoms with Crippen molar-refractivity contribution in [1.29, 1.82) is 0 Å². The van der Waals surface area contributed by atoms with E-state index >= 15 is 0 Å². The van der Waals surface area contributed by atoms with Crippen LogP contribution in [0, 0.1) is 19.8 Å². The summed E-state index contributed by atoms with van der Waals surface area (Å²) < 4.78 is 1.97. The van der Waals surface area contributed by atoms with Crippen LogP contribution in [0.15, 0.2) is 30.3 Å². The Hall–Kier alpha value is -2.83. The average Bonchev–Trinajstić information content (AvgIpc) is 3.17. The number of amides is 3. The van der Waals surface area contributed by atoms with Gasteiger partial charge < -0.3 is 10.6 Å². The Morgan fingerprint density at radius 1 is 1.35 bits per heavy atom. The first kappa shape index (κ1) is 18.0. The first-order chi connectivity index (χ1) is 12.4. The summed E-state index contributed by atoms with van der Waals surface area (Å²) in [7, 11) is 0. The van der Waals surface area contributed by atoms with Crippen molar-refractivity contribution in [2.75, 3.05) is 24.5 Å². The van der Waals surface area contributed by atoms with Crippen LogP contribution in [0.2, 0.25) is 0 Å². The van der Waals surface area contributed by atoms with Crippen LogP contribution in [0.3, 0.4) is 0 Å². The second kappa shape index (κ2) is 7.59. The van der Waals surface area contributed by atoms with Gasteiger partial charge in [-0.05, 0) is 44.0 Å². The van der Waals surface area contributed by atoms with Crippen molar-refractivity contribution in [3.8, 4) is 0 Å².